The van der Waals surface area contributed by atoms with Gasteiger partial charge in [0.15, 0.2) is 11.6 Å². The van der Waals surface area contributed by atoms with Crippen LogP contribution in [0.1, 0.15) is 17.9 Å². The lowest BCUT2D eigenvalue weighted by atomic mass is 10.1. The largest absolute Gasteiger partial charge is 0.496 e. The number of methoxy groups -OCH3 is 1. The number of amides is 2. The molecule has 50 heavy (non-hydrogen) atoms. The maximum absolute atomic E-state index is 12.4. The third-order valence-corrected chi connectivity index (χ3v) is 7.92. The van der Waals surface area contributed by atoms with Gasteiger partial charge >= 0.3 is 5.69 Å². The van der Waals surface area contributed by atoms with E-state index < -0.39 is 5.91 Å². The van der Waals surface area contributed by atoms with E-state index in [2.05, 4.69) is 55.9 Å². The van der Waals surface area contributed by atoms with Crippen LogP contribution in [0.5, 0.6) is 5.75 Å². The molecule has 5 aromatic heterocycles. The second-order valence-electron chi connectivity index (χ2n) is 11.2. The van der Waals surface area contributed by atoms with Gasteiger partial charge < -0.3 is 9.72 Å². The molecule has 2 unspecified atom stereocenters. The molecule has 250 valence electrons. The summed E-state index contributed by atoms with van der Waals surface area (Å²) in [4.78, 5) is 56.2. The van der Waals surface area contributed by atoms with Gasteiger partial charge in [0.2, 0.25) is 23.7 Å². The van der Waals surface area contributed by atoms with E-state index in [9.17, 15) is 14.4 Å². The van der Waals surface area contributed by atoms with Crippen LogP contribution in [-0.2, 0) is 16.1 Å². The molecule has 1 saturated carbocycles. The first-order valence-corrected chi connectivity index (χ1v) is 15.6. The van der Waals surface area contributed by atoms with Crippen molar-refractivity contribution < 1.29 is 14.3 Å². The Labute approximate surface area is 283 Å². The number of fused-ring (bicyclic) bond motifs is 1. The number of imidazole rings is 1. The normalized spacial score (nSPS) is 14.7. The van der Waals surface area contributed by atoms with Crippen molar-refractivity contribution in [2.45, 2.75) is 18.9 Å². The third kappa shape index (κ3) is 6.98. The SMILES string of the molecule is COc1ccccc1C1CC1C(=O)Nc1n[nH]c(-c2ccccn2)n1.O=C(Cn1c(=O)[nH]c2ccccc21)Nc1n[nH]c(-c2ccccn2)n1. The Morgan fingerprint density at radius 2 is 1.44 bits per heavy atom. The molecule has 5 heterocycles. The van der Waals surface area contributed by atoms with Crippen LogP contribution >= 0.6 is 0 Å². The molecule has 2 atom stereocenters. The Bertz CT molecular complexity index is 2310. The Morgan fingerprint density at radius 1 is 0.820 bits per heavy atom. The van der Waals surface area contributed by atoms with Crippen molar-refractivity contribution in [3.8, 4) is 28.8 Å². The molecule has 0 radical (unpaired) electrons. The van der Waals surface area contributed by atoms with Crippen LogP contribution in [0.4, 0.5) is 11.9 Å². The standard InChI is InChI=1S/C18H17N5O2.C16H13N7O2/c1-25-15-8-3-2-6-11(15)12-10-13(12)17(24)21-18-20-16(22-23-18)14-7-4-5-9-19-14;24-13(9-23-12-7-2-1-5-10(12)18-16(23)25)19-15-20-14(21-22-15)11-6-3-4-8-17-11/h2-9,12-13H,10H2,1H3,(H2,20,21,22,23,24);1-8H,9H2,(H,18,25)(H2,19,20,21,22,24). The van der Waals surface area contributed by atoms with Crippen molar-refractivity contribution in [1.29, 1.82) is 0 Å². The zero-order chi connectivity index (χ0) is 34.5. The highest BCUT2D eigenvalue weighted by molar-refractivity contribution is 5.94. The minimum Gasteiger partial charge on any atom is -0.496 e. The first-order chi connectivity index (χ1) is 24.5. The molecule has 1 aliphatic carbocycles. The highest BCUT2D eigenvalue weighted by Crippen LogP contribution is 2.50. The average Bonchev–Trinajstić information content (AvgIpc) is 3.40. The zero-order valence-corrected chi connectivity index (χ0v) is 26.6. The number of rotatable bonds is 9. The van der Waals surface area contributed by atoms with E-state index in [1.54, 1.807) is 49.8 Å². The maximum atomic E-state index is 12.4. The molecule has 8 rings (SSSR count). The van der Waals surface area contributed by atoms with Crippen molar-refractivity contribution in [3.05, 3.63) is 113 Å². The predicted molar refractivity (Wildman–Crippen MR) is 183 cm³/mol. The number of ether oxygens (including phenoxy) is 1. The third-order valence-electron chi connectivity index (χ3n) is 7.92. The number of nitrogens with one attached hydrogen (secondary N) is 5. The molecule has 0 saturated heterocycles. The number of nitrogens with zero attached hydrogens (tertiary/aromatic N) is 7. The van der Waals surface area contributed by atoms with Crippen molar-refractivity contribution in [3.63, 3.8) is 0 Å². The number of carbonyl (C=O) groups is 2. The Balaban J connectivity index is 0.000000157. The number of aromatic nitrogens is 10. The summed E-state index contributed by atoms with van der Waals surface area (Å²) in [6.07, 6.45) is 4.11. The van der Waals surface area contributed by atoms with Crippen molar-refractivity contribution >= 4 is 34.7 Å². The molecular formula is C34H30N12O4. The van der Waals surface area contributed by atoms with E-state index in [0.29, 0.717) is 34.1 Å². The fourth-order valence-electron chi connectivity index (χ4n) is 5.45. The molecule has 7 aromatic rings. The van der Waals surface area contributed by atoms with E-state index in [1.807, 2.05) is 54.6 Å². The monoisotopic (exact) mass is 670 g/mol. The van der Waals surface area contributed by atoms with Crippen LogP contribution in [0.25, 0.3) is 34.1 Å². The Morgan fingerprint density at radius 3 is 2.10 bits per heavy atom. The smallest absolute Gasteiger partial charge is 0.326 e. The van der Waals surface area contributed by atoms with Gasteiger partial charge in [0.1, 0.15) is 23.7 Å². The maximum Gasteiger partial charge on any atom is 0.326 e. The lowest BCUT2D eigenvalue weighted by Crippen LogP contribution is -2.26. The van der Waals surface area contributed by atoms with Gasteiger partial charge in [-0.3, -0.25) is 45.0 Å². The van der Waals surface area contributed by atoms with Crippen molar-refractivity contribution in [2.24, 2.45) is 5.92 Å². The van der Waals surface area contributed by atoms with Gasteiger partial charge in [-0.05, 0) is 60.4 Å². The van der Waals surface area contributed by atoms with Crippen LogP contribution in [-0.4, -0.2) is 68.8 Å². The number of para-hydroxylation sites is 3. The van der Waals surface area contributed by atoms with Crippen LogP contribution < -0.4 is 21.1 Å². The molecule has 16 nitrogen and oxygen atoms in total. The average molecular weight is 671 g/mol. The summed E-state index contributed by atoms with van der Waals surface area (Å²) in [5.41, 5.74) is 3.34. The summed E-state index contributed by atoms with van der Waals surface area (Å²) < 4.78 is 6.74. The quantitative estimate of drug-likeness (QED) is 0.150. The molecule has 1 aliphatic rings. The summed E-state index contributed by atoms with van der Waals surface area (Å²) in [5.74, 6) is 1.76. The highest BCUT2D eigenvalue weighted by Gasteiger charge is 2.45. The number of carbonyl (C=O) groups excluding carboxylic acids is 2. The number of aromatic amines is 3. The number of anilines is 2. The number of hydrogen-bond acceptors (Lipinski definition) is 10. The Hall–Kier alpha value is -6.97. The second kappa shape index (κ2) is 14.0. The summed E-state index contributed by atoms with van der Waals surface area (Å²) >= 11 is 0. The number of pyridine rings is 2. The Kier molecular flexibility index (Phi) is 8.87. The lowest BCUT2D eigenvalue weighted by molar-refractivity contribution is -0.118. The number of benzene rings is 2. The van der Waals surface area contributed by atoms with Gasteiger partial charge in [-0.1, -0.05) is 42.5 Å². The molecule has 2 amide bonds. The van der Waals surface area contributed by atoms with Gasteiger partial charge in [0.25, 0.3) is 0 Å². The van der Waals surface area contributed by atoms with Gasteiger partial charge in [0.05, 0.1) is 18.1 Å². The summed E-state index contributed by atoms with van der Waals surface area (Å²) in [5, 5.41) is 18.8. The van der Waals surface area contributed by atoms with E-state index in [4.69, 9.17) is 4.74 Å². The fourth-order valence-corrected chi connectivity index (χ4v) is 5.45. The molecular weight excluding hydrogens is 640 g/mol. The lowest BCUT2D eigenvalue weighted by Gasteiger charge is -2.07. The zero-order valence-electron chi connectivity index (χ0n) is 26.6. The van der Waals surface area contributed by atoms with E-state index in [-0.39, 0.29) is 41.9 Å². The topological polar surface area (TPSA) is 214 Å². The second-order valence-corrected chi connectivity index (χ2v) is 11.2. The van der Waals surface area contributed by atoms with Crippen molar-refractivity contribution in [2.75, 3.05) is 17.7 Å². The molecule has 0 bridgehead atoms. The number of H-pyrrole nitrogens is 3. The van der Waals surface area contributed by atoms with Gasteiger partial charge in [-0.25, -0.2) is 4.79 Å². The van der Waals surface area contributed by atoms with Crippen LogP contribution in [0.2, 0.25) is 0 Å². The van der Waals surface area contributed by atoms with Crippen LogP contribution in [0.3, 0.4) is 0 Å². The predicted octanol–water partition coefficient (Wildman–Crippen LogP) is 3.77. The molecule has 0 aliphatic heterocycles. The molecule has 1 fully saturated rings. The van der Waals surface area contributed by atoms with E-state index >= 15 is 0 Å². The summed E-state index contributed by atoms with van der Waals surface area (Å²) in [6.45, 7) is -0.143. The van der Waals surface area contributed by atoms with Crippen molar-refractivity contribution in [1.82, 2.24) is 49.9 Å². The molecule has 5 N–H and O–H groups in total. The van der Waals surface area contributed by atoms with Gasteiger partial charge in [-0.15, -0.1) is 10.2 Å². The fraction of sp³-hybridized carbons (Fsp3) is 0.147. The first kappa shape index (κ1) is 31.6. The minimum absolute atomic E-state index is 0.0810. The molecule has 0 spiro atoms. The van der Waals surface area contributed by atoms with E-state index in [1.165, 1.54) is 4.57 Å². The van der Waals surface area contributed by atoms with E-state index in [0.717, 1.165) is 17.7 Å². The summed E-state index contributed by atoms with van der Waals surface area (Å²) in [7, 11) is 1.64. The highest BCUT2D eigenvalue weighted by atomic mass is 16.5. The van der Waals surface area contributed by atoms with Gasteiger partial charge in [0, 0.05) is 18.3 Å². The molecule has 16 heteroatoms. The van der Waals surface area contributed by atoms with Crippen LogP contribution in [0.15, 0.2) is 102 Å². The molecule has 2 aromatic carbocycles. The van der Waals surface area contributed by atoms with Gasteiger partial charge in [-0.2, -0.15) is 9.97 Å². The summed E-state index contributed by atoms with van der Waals surface area (Å²) in [6, 6.07) is 25.9. The van der Waals surface area contributed by atoms with Crippen LogP contribution in [0, 0.1) is 5.92 Å². The first-order valence-electron chi connectivity index (χ1n) is 15.6. The number of hydrogen-bond donors (Lipinski definition) is 5. The minimum atomic E-state index is -0.404.